The third-order valence-corrected chi connectivity index (χ3v) is 4.39. The van der Waals surface area contributed by atoms with Gasteiger partial charge >= 0.3 is 0 Å². The highest BCUT2D eigenvalue weighted by molar-refractivity contribution is 5.93. The minimum absolute atomic E-state index is 0.0329. The largest absolute Gasteiger partial charge is 0.394 e. The first kappa shape index (κ1) is 14.9. The number of anilines is 1. The molecule has 28 heavy (non-hydrogen) atoms. The van der Waals surface area contributed by atoms with E-state index in [1.54, 1.807) is 0 Å². The Morgan fingerprint density at radius 3 is 2.96 bits per heavy atom. The first-order valence-corrected chi connectivity index (χ1v) is 8.09. The highest BCUT2D eigenvalue weighted by Crippen LogP contribution is 2.32. The van der Waals surface area contributed by atoms with Crippen molar-refractivity contribution in [3.8, 4) is 5.95 Å². The van der Waals surface area contributed by atoms with Crippen LogP contribution in [0.3, 0.4) is 0 Å². The molecule has 0 aliphatic carbocycles. The summed E-state index contributed by atoms with van der Waals surface area (Å²) in [7, 11) is 0. The van der Waals surface area contributed by atoms with Gasteiger partial charge in [0, 0.05) is 17.3 Å². The molecule has 1 amide bonds. The number of nitrogen functional groups attached to an aromatic ring is 1. The van der Waals surface area contributed by atoms with Crippen LogP contribution in [0.5, 0.6) is 0 Å². The topological polar surface area (TPSA) is 186 Å². The van der Waals surface area contributed by atoms with Crippen molar-refractivity contribution in [3.63, 3.8) is 0 Å². The van der Waals surface area contributed by atoms with Gasteiger partial charge in [0.1, 0.15) is 23.8 Å². The number of nitrogens with zero attached hydrogens (tertiary/aromatic N) is 6. The molecule has 3 aromatic rings. The van der Waals surface area contributed by atoms with Gasteiger partial charge in [0.05, 0.1) is 24.7 Å². The molecule has 148 valence electrons. The minimum atomic E-state index is -2.66. The molecule has 0 unspecified atom stereocenters. The lowest BCUT2D eigenvalue weighted by atomic mass is 10.1. The highest BCUT2D eigenvalue weighted by atomic mass is 16.6. The number of hydrogen-bond donors (Lipinski definition) is 5. The number of imidazole rings is 1. The predicted octanol–water partition coefficient (Wildman–Crippen LogP) is -2.43. The second-order valence-corrected chi connectivity index (χ2v) is 6.09. The molecule has 1 aliphatic rings. The third-order valence-electron chi connectivity index (χ3n) is 4.39. The van der Waals surface area contributed by atoms with Crippen molar-refractivity contribution in [2.24, 2.45) is 0 Å². The number of carbonyl (C=O) groups is 1. The Morgan fingerprint density at radius 1 is 1.43 bits per heavy atom. The quantitative estimate of drug-likeness (QED) is 0.319. The molecule has 3 aromatic heterocycles. The first-order valence-electron chi connectivity index (χ1n) is 9.59. The zero-order valence-corrected chi connectivity index (χ0v) is 14.2. The van der Waals surface area contributed by atoms with Crippen molar-refractivity contribution in [2.45, 2.75) is 24.5 Å². The Hall–Kier alpha value is -3.13. The standard InChI is InChI=1S/C15H18N8O5/c1-17-13(27)6-2-19-23(3-6)15-20-11(16)8-12(21-15)22(5-18-8)14-10(26)9(25)7(4-24)28-14/h2-3,5,7,9-10,14,24-26H,4H2,1H3,(H,17,27)(H2,16,20,21)/t7-,9-,10-,14-/m1/s1/i1D3. The fourth-order valence-electron chi connectivity index (χ4n) is 2.95. The minimum Gasteiger partial charge on any atom is -0.394 e. The number of aliphatic hydroxyl groups excluding tert-OH is 3. The molecular weight excluding hydrogens is 372 g/mol. The average molecular weight is 393 g/mol. The number of aromatic nitrogens is 6. The van der Waals surface area contributed by atoms with Crippen LogP contribution in [0.1, 0.15) is 20.7 Å². The lowest BCUT2D eigenvalue weighted by Gasteiger charge is -2.16. The van der Waals surface area contributed by atoms with Crippen LogP contribution >= 0.6 is 0 Å². The second-order valence-electron chi connectivity index (χ2n) is 6.09. The van der Waals surface area contributed by atoms with Crippen molar-refractivity contribution < 1.29 is 29.0 Å². The zero-order valence-electron chi connectivity index (χ0n) is 17.2. The van der Waals surface area contributed by atoms with E-state index in [4.69, 9.17) is 14.6 Å². The smallest absolute Gasteiger partial charge is 0.254 e. The Morgan fingerprint density at radius 2 is 2.25 bits per heavy atom. The summed E-state index contributed by atoms with van der Waals surface area (Å²) in [5, 5.41) is 35.4. The van der Waals surface area contributed by atoms with Crippen LogP contribution in [0, 0.1) is 0 Å². The molecule has 1 saturated heterocycles. The van der Waals surface area contributed by atoms with Gasteiger partial charge in [0.25, 0.3) is 11.9 Å². The highest BCUT2D eigenvalue weighted by Gasteiger charge is 2.44. The summed E-state index contributed by atoms with van der Waals surface area (Å²) in [6.45, 7) is -3.16. The van der Waals surface area contributed by atoms with Crippen LogP contribution in [0.25, 0.3) is 17.1 Å². The van der Waals surface area contributed by atoms with E-state index in [1.165, 1.54) is 17.1 Å². The SMILES string of the molecule is [2H]C([2H])([2H])NC(=O)c1cnn(-c2nc(N)c3ncn([C@@H]4O[C@H](CO)[C@@H](O)[C@H]4O)c3n2)c1. The maximum absolute atomic E-state index is 12.0. The van der Waals surface area contributed by atoms with Gasteiger partial charge in [-0.3, -0.25) is 9.36 Å². The summed E-state index contributed by atoms with van der Waals surface area (Å²) in [6.07, 6.45) is -1.15. The molecule has 0 saturated carbocycles. The number of carbonyl (C=O) groups excluding carboxylic acids is 1. The number of rotatable bonds is 4. The summed E-state index contributed by atoms with van der Waals surface area (Å²) in [5.74, 6) is -0.960. The van der Waals surface area contributed by atoms with Gasteiger partial charge in [-0.15, -0.1) is 0 Å². The molecule has 6 N–H and O–H groups in total. The van der Waals surface area contributed by atoms with E-state index >= 15 is 0 Å². The van der Waals surface area contributed by atoms with E-state index in [2.05, 4.69) is 20.1 Å². The monoisotopic (exact) mass is 393 g/mol. The van der Waals surface area contributed by atoms with Gasteiger partial charge in [0.15, 0.2) is 17.7 Å². The van der Waals surface area contributed by atoms with E-state index in [9.17, 15) is 20.1 Å². The summed E-state index contributed by atoms with van der Waals surface area (Å²) in [4.78, 5) is 24.5. The lowest BCUT2D eigenvalue weighted by molar-refractivity contribution is -0.0511. The maximum atomic E-state index is 12.0. The Kier molecular flexibility index (Phi) is 3.61. The molecule has 0 aromatic carbocycles. The van der Waals surface area contributed by atoms with Crippen LogP contribution in [0.2, 0.25) is 0 Å². The Balaban J connectivity index is 1.70. The lowest BCUT2D eigenvalue weighted by Crippen LogP contribution is -2.33. The Labute approximate surface area is 161 Å². The van der Waals surface area contributed by atoms with Crippen molar-refractivity contribution in [1.82, 2.24) is 34.6 Å². The summed E-state index contributed by atoms with van der Waals surface area (Å²) < 4.78 is 29.2. The zero-order chi connectivity index (χ0) is 22.5. The van der Waals surface area contributed by atoms with Gasteiger partial charge in [-0.2, -0.15) is 15.1 Å². The van der Waals surface area contributed by atoms with Crippen LogP contribution in [0.15, 0.2) is 18.7 Å². The summed E-state index contributed by atoms with van der Waals surface area (Å²) in [5.41, 5.74) is 6.24. The van der Waals surface area contributed by atoms with E-state index in [0.29, 0.717) is 0 Å². The summed E-state index contributed by atoms with van der Waals surface area (Å²) in [6, 6.07) is 0. The number of hydrogen-bond acceptors (Lipinski definition) is 10. The van der Waals surface area contributed by atoms with E-state index < -0.39 is 44.0 Å². The molecule has 13 nitrogen and oxygen atoms in total. The molecule has 4 heterocycles. The van der Waals surface area contributed by atoms with Gasteiger partial charge in [0.2, 0.25) is 0 Å². The molecule has 0 spiro atoms. The summed E-state index contributed by atoms with van der Waals surface area (Å²) >= 11 is 0. The van der Waals surface area contributed by atoms with Gasteiger partial charge < -0.3 is 31.1 Å². The molecule has 1 fully saturated rings. The number of ether oxygens (including phenoxy) is 1. The first-order chi connectivity index (χ1) is 14.6. The van der Waals surface area contributed by atoms with Crippen molar-refractivity contribution in [3.05, 3.63) is 24.3 Å². The van der Waals surface area contributed by atoms with Crippen LogP contribution in [-0.4, -0.2) is 82.4 Å². The van der Waals surface area contributed by atoms with Gasteiger partial charge in [-0.25, -0.2) is 9.67 Å². The number of aliphatic hydroxyl groups is 3. The molecule has 4 atom stereocenters. The van der Waals surface area contributed by atoms with Crippen LogP contribution in [0.4, 0.5) is 5.82 Å². The van der Waals surface area contributed by atoms with E-state index in [1.807, 2.05) is 5.32 Å². The molecule has 0 radical (unpaired) electrons. The number of nitrogens with two attached hydrogens (primary N) is 1. The number of amides is 1. The fraction of sp³-hybridized carbons (Fsp3) is 0.400. The molecule has 1 aliphatic heterocycles. The number of fused-ring (bicyclic) bond motifs is 1. The van der Waals surface area contributed by atoms with Crippen molar-refractivity contribution in [1.29, 1.82) is 0 Å². The number of nitrogens with one attached hydrogen (secondary N) is 1. The third kappa shape index (κ3) is 2.77. The maximum Gasteiger partial charge on any atom is 0.254 e. The second kappa shape index (κ2) is 6.79. The Bertz CT molecular complexity index is 1130. The molecule has 4 rings (SSSR count). The molecule has 13 heteroatoms. The van der Waals surface area contributed by atoms with E-state index in [-0.39, 0.29) is 28.5 Å². The van der Waals surface area contributed by atoms with Crippen LogP contribution < -0.4 is 11.1 Å². The predicted molar refractivity (Wildman–Crippen MR) is 93.3 cm³/mol. The van der Waals surface area contributed by atoms with Gasteiger partial charge in [-0.05, 0) is 0 Å². The average Bonchev–Trinajstić information content (AvgIpc) is 3.39. The van der Waals surface area contributed by atoms with Gasteiger partial charge in [-0.1, -0.05) is 0 Å². The molecular formula is C15H18N8O5. The van der Waals surface area contributed by atoms with Crippen molar-refractivity contribution >= 4 is 22.9 Å². The van der Waals surface area contributed by atoms with E-state index in [0.717, 1.165) is 10.9 Å². The van der Waals surface area contributed by atoms with Crippen molar-refractivity contribution in [2.75, 3.05) is 19.3 Å². The van der Waals surface area contributed by atoms with Crippen LogP contribution in [-0.2, 0) is 4.74 Å². The fourth-order valence-corrected chi connectivity index (χ4v) is 2.95. The molecule has 0 bridgehead atoms. The normalized spacial score (nSPS) is 26.8.